The van der Waals surface area contributed by atoms with E-state index < -0.39 is 16.1 Å². The van der Waals surface area contributed by atoms with E-state index in [1.54, 1.807) is 24.3 Å². The molecule has 0 fully saturated rings. The summed E-state index contributed by atoms with van der Waals surface area (Å²) >= 11 is 0. The second-order valence-electron chi connectivity index (χ2n) is 6.21. The van der Waals surface area contributed by atoms with Crippen LogP contribution in [0, 0.1) is 0 Å². The summed E-state index contributed by atoms with van der Waals surface area (Å²) in [7, 11) is -3.77. The Labute approximate surface area is 169 Å². The first-order valence-electron chi connectivity index (χ1n) is 8.92. The average molecular weight is 420 g/mol. The predicted octanol–water partition coefficient (Wildman–Crippen LogP) is 2.27. The number of nitrogens with two attached hydrogens (primary N) is 1. The highest BCUT2D eigenvalue weighted by Crippen LogP contribution is 2.17. The van der Waals surface area contributed by atoms with Crippen molar-refractivity contribution in [2.24, 2.45) is 5.14 Å². The number of sulfonamides is 1. The van der Waals surface area contributed by atoms with E-state index in [0.717, 1.165) is 12.8 Å². The molecule has 2 rings (SSSR count). The molecular weight excluding hydrogens is 396 g/mol. The Balaban J connectivity index is 1.76. The smallest absolute Gasteiger partial charge is 0.323 e. The monoisotopic (exact) mass is 420 g/mol. The first kappa shape index (κ1) is 22.2. The first-order chi connectivity index (χ1) is 13.7. The minimum absolute atomic E-state index is 0.0332. The molecule has 0 saturated carbocycles. The highest BCUT2D eigenvalue weighted by atomic mass is 32.2. The molecule has 10 heteroatoms. The average Bonchev–Trinajstić information content (AvgIpc) is 2.65. The number of hydrogen-bond donors (Lipinski definition) is 4. The van der Waals surface area contributed by atoms with Crippen molar-refractivity contribution in [1.29, 1.82) is 0 Å². The summed E-state index contributed by atoms with van der Waals surface area (Å²) in [6.07, 6.45) is 1.64. The van der Waals surface area contributed by atoms with E-state index in [1.807, 2.05) is 0 Å². The Morgan fingerprint density at radius 1 is 0.931 bits per heavy atom. The van der Waals surface area contributed by atoms with Gasteiger partial charge in [0.25, 0.3) is 0 Å². The number of unbranched alkanes of at least 4 members (excludes halogenated alkanes) is 1. The van der Waals surface area contributed by atoms with Crippen LogP contribution < -0.4 is 25.8 Å². The number of carbonyl (C=O) groups is 2. The summed E-state index contributed by atoms with van der Waals surface area (Å²) in [5.74, 6) is 0.632. The van der Waals surface area contributed by atoms with Gasteiger partial charge in [-0.2, -0.15) is 0 Å². The van der Waals surface area contributed by atoms with Crippen LogP contribution in [-0.4, -0.2) is 33.5 Å². The molecule has 0 aromatic heterocycles. The third kappa shape index (κ3) is 8.20. The summed E-state index contributed by atoms with van der Waals surface area (Å²) in [5.41, 5.74) is 0.996. The van der Waals surface area contributed by atoms with Crippen molar-refractivity contribution in [3.63, 3.8) is 0 Å². The molecule has 5 N–H and O–H groups in total. The van der Waals surface area contributed by atoms with Crippen LogP contribution in [0.2, 0.25) is 0 Å². The lowest BCUT2D eigenvalue weighted by Crippen LogP contribution is -2.21. The maximum Gasteiger partial charge on any atom is 0.323 e. The van der Waals surface area contributed by atoms with E-state index in [9.17, 15) is 18.0 Å². The molecule has 0 radical (unpaired) electrons. The van der Waals surface area contributed by atoms with Gasteiger partial charge < -0.3 is 20.7 Å². The first-order valence-corrected chi connectivity index (χ1v) is 10.5. The van der Waals surface area contributed by atoms with Crippen LogP contribution in [0.25, 0.3) is 0 Å². The van der Waals surface area contributed by atoms with Crippen molar-refractivity contribution in [3.05, 3.63) is 48.5 Å². The SMILES string of the molecule is CC(=O)NCCCCOc1ccc(NC(=O)Nc2ccc(S(N)(=O)=O)cc2)cc1. The molecule has 2 aromatic carbocycles. The summed E-state index contributed by atoms with van der Waals surface area (Å²) < 4.78 is 28.1. The molecule has 156 valence electrons. The van der Waals surface area contributed by atoms with Crippen molar-refractivity contribution >= 4 is 33.3 Å². The van der Waals surface area contributed by atoms with Crippen LogP contribution in [0.1, 0.15) is 19.8 Å². The maximum absolute atomic E-state index is 12.0. The van der Waals surface area contributed by atoms with Gasteiger partial charge in [0.2, 0.25) is 15.9 Å². The van der Waals surface area contributed by atoms with E-state index >= 15 is 0 Å². The number of nitrogens with one attached hydrogen (secondary N) is 3. The predicted molar refractivity (Wildman–Crippen MR) is 110 cm³/mol. The van der Waals surface area contributed by atoms with Gasteiger partial charge in [-0.05, 0) is 61.4 Å². The van der Waals surface area contributed by atoms with Crippen molar-refractivity contribution in [2.75, 3.05) is 23.8 Å². The van der Waals surface area contributed by atoms with Crippen molar-refractivity contribution in [2.45, 2.75) is 24.7 Å². The number of amides is 3. The number of rotatable bonds is 9. The molecule has 29 heavy (non-hydrogen) atoms. The molecule has 0 unspecified atom stereocenters. The Bertz CT molecular complexity index is 928. The molecular formula is C19H24N4O5S. The topological polar surface area (TPSA) is 140 Å². The summed E-state index contributed by atoms with van der Waals surface area (Å²) in [6, 6.07) is 11.9. The number of urea groups is 1. The van der Waals surface area contributed by atoms with Gasteiger partial charge in [-0.1, -0.05) is 0 Å². The van der Waals surface area contributed by atoms with E-state index in [0.29, 0.717) is 30.3 Å². The highest BCUT2D eigenvalue weighted by Gasteiger charge is 2.08. The van der Waals surface area contributed by atoms with Crippen LogP contribution in [-0.2, 0) is 14.8 Å². The van der Waals surface area contributed by atoms with Crippen LogP contribution in [0.5, 0.6) is 5.75 Å². The van der Waals surface area contributed by atoms with Gasteiger partial charge in [0.15, 0.2) is 0 Å². The quantitative estimate of drug-likeness (QED) is 0.461. The van der Waals surface area contributed by atoms with Gasteiger partial charge >= 0.3 is 6.03 Å². The van der Waals surface area contributed by atoms with E-state index in [1.165, 1.54) is 31.2 Å². The zero-order chi connectivity index (χ0) is 21.3. The van der Waals surface area contributed by atoms with Crippen molar-refractivity contribution in [1.82, 2.24) is 5.32 Å². The molecule has 9 nitrogen and oxygen atoms in total. The lowest BCUT2D eigenvalue weighted by atomic mass is 10.3. The lowest BCUT2D eigenvalue weighted by Gasteiger charge is -2.10. The number of anilines is 2. The Morgan fingerprint density at radius 2 is 1.48 bits per heavy atom. The van der Waals surface area contributed by atoms with Gasteiger partial charge in [0.1, 0.15) is 5.75 Å². The normalized spacial score (nSPS) is 10.8. The fraction of sp³-hybridized carbons (Fsp3) is 0.263. The van der Waals surface area contributed by atoms with E-state index in [2.05, 4.69) is 16.0 Å². The Morgan fingerprint density at radius 3 is 2.00 bits per heavy atom. The van der Waals surface area contributed by atoms with Crippen LogP contribution in [0.3, 0.4) is 0 Å². The van der Waals surface area contributed by atoms with Gasteiger partial charge in [-0.3, -0.25) is 4.79 Å². The molecule has 2 aromatic rings. The van der Waals surface area contributed by atoms with Crippen molar-refractivity contribution in [3.8, 4) is 5.75 Å². The molecule has 0 heterocycles. The van der Waals surface area contributed by atoms with Gasteiger partial charge in [0.05, 0.1) is 11.5 Å². The number of benzene rings is 2. The van der Waals surface area contributed by atoms with Gasteiger partial charge in [-0.25, -0.2) is 18.4 Å². The fourth-order valence-electron chi connectivity index (χ4n) is 2.34. The number of hydrogen-bond acceptors (Lipinski definition) is 5. The van der Waals surface area contributed by atoms with Crippen LogP contribution in [0.4, 0.5) is 16.2 Å². The molecule has 0 saturated heterocycles. The van der Waals surface area contributed by atoms with E-state index in [4.69, 9.17) is 9.88 Å². The summed E-state index contributed by atoms with van der Waals surface area (Å²) in [6.45, 7) is 2.64. The fourth-order valence-corrected chi connectivity index (χ4v) is 2.85. The molecule has 0 bridgehead atoms. The van der Waals surface area contributed by atoms with Crippen LogP contribution in [0.15, 0.2) is 53.4 Å². The number of ether oxygens (including phenoxy) is 1. The second kappa shape index (κ2) is 10.4. The van der Waals surface area contributed by atoms with Crippen molar-refractivity contribution < 1.29 is 22.7 Å². The summed E-state index contributed by atoms with van der Waals surface area (Å²) in [5, 5.41) is 13.0. The minimum Gasteiger partial charge on any atom is -0.494 e. The zero-order valence-corrected chi connectivity index (χ0v) is 16.8. The maximum atomic E-state index is 12.0. The number of primary sulfonamides is 1. The van der Waals surface area contributed by atoms with Gasteiger partial charge in [-0.15, -0.1) is 0 Å². The molecule has 0 aliphatic rings. The Hall–Kier alpha value is -3.11. The van der Waals surface area contributed by atoms with Gasteiger partial charge in [0, 0.05) is 24.8 Å². The highest BCUT2D eigenvalue weighted by molar-refractivity contribution is 7.89. The largest absolute Gasteiger partial charge is 0.494 e. The third-order valence-corrected chi connectivity index (χ3v) is 4.70. The van der Waals surface area contributed by atoms with E-state index in [-0.39, 0.29) is 10.8 Å². The second-order valence-corrected chi connectivity index (χ2v) is 7.77. The third-order valence-electron chi connectivity index (χ3n) is 3.77. The zero-order valence-electron chi connectivity index (χ0n) is 16.0. The number of carbonyl (C=O) groups excluding carboxylic acids is 2. The minimum atomic E-state index is -3.77. The van der Waals surface area contributed by atoms with Crippen LogP contribution >= 0.6 is 0 Å². The lowest BCUT2D eigenvalue weighted by molar-refractivity contribution is -0.118. The molecule has 3 amide bonds. The molecule has 0 aliphatic heterocycles. The molecule has 0 aliphatic carbocycles. The Kier molecular flexibility index (Phi) is 7.98. The molecule has 0 spiro atoms. The summed E-state index contributed by atoms with van der Waals surface area (Å²) in [4.78, 5) is 22.8. The molecule has 0 atom stereocenters. The standard InChI is InChI=1S/C19H24N4O5S/c1-14(24)21-12-2-3-13-28-17-8-4-15(5-9-17)22-19(25)23-16-6-10-18(11-7-16)29(20,26)27/h4-11H,2-3,12-13H2,1H3,(H,21,24)(H2,20,26,27)(H2,22,23,25).